The van der Waals surface area contributed by atoms with Gasteiger partial charge in [-0.05, 0) is 37.3 Å². The number of rotatable bonds is 4. The average molecular weight is 249 g/mol. The fourth-order valence-electron chi connectivity index (χ4n) is 2.22. The SMILES string of the molecule is CNC(=O)c1ccc(NCC2CCC(N)C2)nn1. The minimum Gasteiger partial charge on any atom is -0.368 e. The first-order valence-corrected chi connectivity index (χ1v) is 6.24. The van der Waals surface area contributed by atoms with Gasteiger partial charge in [-0.15, -0.1) is 10.2 Å². The van der Waals surface area contributed by atoms with Crippen molar-refractivity contribution in [3.8, 4) is 0 Å². The van der Waals surface area contributed by atoms with Crippen LogP contribution in [0.4, 0.5) is 5.82 Å². The summed E-state index contributed by atoms with van der Waals surface area (Å²) in [5.41, 5.74) is 6.19. The van der Waals surface area contributed by atoms with Gasteiger partial charge in [0.25, 0.3) is 5.91 Å². The van der Waals surface area contributed by atoms with Crippen molar-refractivity contribution >= 4 is 11.7 Å². The minimum absolute atomic E-state index is 0.226. The van der Waals surface area contributed by atoms with Crippen LogP contribution in [0.15, 0.2) is 12.1 Å². The molecule has 1 aliphatic carbocycles. The fourth-order valence-corrected chi connectivity index (χ4v) is 2.22. The largest absolute Gasteiger partial charge is 0.368 e. The normalized spacial score (nSPS) is 22.8. The summed E-state index contributed by atoms with van der Waals surface area (Å²) in [4.78, 5) is 11.3. The molecule has 0 aliphatic heterocycles. The lowest BCUT2D eigenvalue weighted by atomic mass is 10.1. The molecular weight excluding hydrogens is 230 g/mol. The lowest BCUT2D eigenvalue weighted by Crippen LogP contribution is -2.20. The molecule has 1 aromatic heterocycles. The van der Waals surface area contributed by atoms with Crippen molar-refractivity contribution in [1.82, 2.24) is 15.5 Å². The fraction of sp³-hybridized carbons (Fsp3) is 0.583. The molecule has 4 N–H and O–H groups in total. The number of hydrogen-bond acceptors (Lipinski definition) is 5. The minimum atomic E-state index is -0.226. The quantitative estimate of drug-likeness (QED) is 0.717. The van der Waals surface area contributed by atoms with Crippen molar-refractivity contribution in [1.29, 1.82) is 0 Å². The van der Waals surface area contributed by atoms with Crippen LogP contribution in [0.1, 0.15) is 29.8 Å². The third kappa shape index (κ3) is 3.16. The first-order valence-electron chi connectivity index (χ1n) is 6.24. The lowest BCUT2D eigenvalue weighted by molar-refractivity contribution is 0.0957. The Morgan fingerprint density at radius 3 is 2.83 bits per heavy atom. The Morgan fingerprint density at radius 1 is 1.44 bits per heavy atom. The Bertz CT molecular complexity index is 405. The summed E-state index contributed by atoms with van der Waals surface area (Å²) in [6.45, 7) is 0.863. The average Bonchev–Trinajstić information content (AvgIpc) is 2.82. The van der Waals surface area contributed by atoms with E-state index in [-0.39, 0.29) is 5.91 Å². The number of aromatic nitrogens is 2. The number of carbonyl (C=O) groups is 1. The van der Waals surface area contributed by atoms with Crippen molar-refractivity contribution in [2.45, 2.75) is 25.3 Å². The molecule has 1 aromatic rings. The zero-order valence-electron chi connectivity index (χ0n) is 10.5. The van der Waals surface area contributed by atoms with E-state index in [9.17, 15) is 4.79 Å². The van der Waals surface area contributed by atoms with Gasteiger partial charge in [-0.25, -0.2) is 0 Å². The zero-order valence-corrected chi connectivity index (χ0v) is 10.5. The van der Waals surface area contributed by atoms with E-state index in [1.54, 1.807) is 19.2 Å². The first kappa shape index (κ1) is 12.8. The highest BCUT2D eigenvalue weighted by Crippen LogP contribution is 2.24. The number of carbonyl (C=O) groups excluding carboxylic acids is 1. The lowest BCUT2D eigenvalue weighted by Gasteiger charge is -2.11. The molecule has 0 bridgehead atoms. The monoisotopic (exact) mass is 249 g/mol. The standard InChI is InChI=1S/C12H19N5O/c1-14-12(18)10-4-5-11(17-16-10)15-7-8-2-3-9(13)6-8/h4-5,8-9H,2-3,6-7,13H2,1H3,(H,14,18)(H,15,17). The molecule has 2 unspecified atom stereocenters. The Morgan fingerprint density at radius 2 is 2.28 bits per heavy atom. The van der Waals surface area contributed by atoms with Gasteiger partial charge >= 0.3 is 0 Å². The number of nitrogens with one attached hydrogen (secondary N) is 2. The van der Waals surface area contributed by atoms with E-state index < -0.39 is 0 Å². The van der Waals surface area contributed by atoms with E-state index in [2.05, 4.69) is 20.8 Å². The van der Waals surface area contributed by atoms with Gasteiger partial charge in [0.2, 0.25) is 0 Å². The van der Waals surface area contributed by atoms with E-state index in [1.807, 2.05) is 0 Å². The molecule has 0 spiro atoms. The zero-order chi connectivity index (χ0) is 13.0. The number of hydrogen-bond donors (Lipinski definition) is 3. The van der Waals surface area contributed by atoms with Crippen molar-refractivity contribution < 1.29 is 4.79 Å². The molecule has 6 nitrogen and oxygen atoms in total. The van der Waals surface area contributed by atoms with Gasteiger partial charge in [-0.3, -0.25) is 4.79 Å². The maximum Gasteiger partial charge on any atom is 0.271 e. The van der Waals surface area contributed by atoms with Crippen LogP contribution in [-0.4, -0.2) is 35.7 Å². The second-order valence-electron chi connectivity index (χ2n) is 4.70. The summed E-state index contributed by atoms with van der Waals surface area (Å²) in [6.07, 6.45) is 3.34. The van der Waals surface area contributed by atoms with Crippen LogP contribution in [0.25, 0.3) is 0 Å². The Labute approximate surface area is 106 Å². The Hall–Kier alpha value is -1.69. The van der Waals surface area contributed by atoms with Gasteiger partial charge in [0.1, 0.15) is 5.82 Å². The highest BCUT2D eigenvalue weighted by atomic mass is 16.1. The predicted octanol–water partition coefficient (Wildman–Crippen LogP) is 0.375. The van der Waals surface area contributed by atoms with E-state index in [0.29, 0.717) is 23.5 Å². The molecule has 98 valence electrons. The molecule has 0 radical (unpaired) electrons. The van der Waals surface area contributed by atoms with Gasteiger partial charge in [0.05, 0.1) is 0 Å². The maximum absolute atomic E-state index is 11.3. The molecule has 1 saturated carbocycles. The Balaban J connectivity index is 1.85. The van der Waals surface area contributed by atoms with Crippen molar-refractivity contribution in [2.24, 2.45) is 11.7 Å². The number of amides is 1. The summed E-state index contributed by atoms with van der Waals surface area (Å²) < 4.78 is 0. The highest BCUT2D eigenvalue weighted by Gasteiger charge is 2.21. The Kier molecular flexibility index (Phi) is 4.09. The van der Waals surface area contributed by atoms with Crippen molar-refractivity contribution in [3.63, 3.8) is 0 Å². The van der Waals surface area contributed by atoms with E-state index in [4.69, 9.17) is 5.73 Å². The second-order valence-corrected chi connectivity index (χ2v) is 4.70. The third-order valence-corrected chi connectivity index (χ3v) is 3.28. The van der Waals surface area contributed by atoms with Crippen LogP contribution in [0.2, 0.25) is 0 Å². The number of nitrogens with zero attached hydrogens (tertiary/aromatic N) is 2. The summed E-state index contributed by atoms with van der Waals surface area (Å²) in [6, 6.07) is 3.78. The molecule has 1 amide bonds. The van der Waals surface area contributed by atoms with Crippen LogP contribution in [-0.2, 0) is 0 Å². The van der Waals surface area contributed by atoms with Gasteiger partial charge in [-0.2, -0.15) is 0 Å². The summed E-state index contributed by atoms with van der Waals surface area (Å²) >= 11 is 0. The molecule has 1 heterocycles. The predicted molar refractivity (Wildman–Crippen MR) is 69.2 cm³/mol. The van der Waals surface area contributed by atoms with Crippen molar-refractivity contribution in [2.75, 3.05) is 18.9 Å². The number of nitrogens with two attached hydrogens (primary N) is 1. The van der Waals surface area contributed by atoms with Crippen LogP contribution in [0.3, 0.4) is 0 Å². The molecule has 0 saturated heterocycles. The third-order valence-electron chi connectivity index (χ3n) is 3.28. The molecule has 1 aliphatic rings. The number of anilines is 1. The topological polar surface area (TPSA) is 92.9 Å². The van der Waals surface area contributed by atoms with Gasteiger partial charge in [-0.1, -0.05) is 0 Å². The molecular formula is C12H19N5O. The highest BCUT2D eigenvalue weighted by molar-refractivity contribution is 5.91. The molecule has 6 heteroatoms. The van der Waals surface area contributed by atoms with Crippen LogP contribution >= 0.6 is 0 Å². The smallest absolute Gasteiger partial charge is 0.271 e. The van der Waals surface area contributed by atoms with E-state index >= 15 is 0 Å². The molecule has 2 atom stereocenters. The summed E-state index contributed by atoms with van der Waals surface area (Å²) in [5, 5.41) is 13.6. The summed E-state index contributed by atoms with van der Waals surface area (Å²) in [5.74, 6) is 1.08. The molecule has 1 fully saturated rings. The second kappa shape index (κ2) is 5.77. The van der Waals surface area contributed by atoms with Gasteiger partial charge in [0.15, 0.2) is 5.69 Å². The maximum atomic E-state index is 11.3. The summed E-state index contributed by atoms with van der Waals surface area (Å²) in [7, 11) is 1.57. The van der Waals surface area contributed by atoms with Crippen LogP contribution in [0, 0.1) is 5.92 Å². The van der Waals surface area contributed by atoms with Crippen LogP contribution < -0.4 is 16.4 Å². The van der Waals surface area contributed by atoms with E-state index in [0.717, 1.165) is 25.8 Å². The first-order chi connectivity index (χ1) is 8.69. The van der Waals surface area contributed by atoms with E-state index in [1.165, 1.54) is 0 Å². The van der Waals surface area contributed by atoms with Crippen molar-refractivity contribution in [3.05, 3.63) is 17.8 Å². The molecule has 18 heavy (non-hydrogen) atoms. The van der Waals surface area contributed by atoms with Gasteiger partial charge in [0, 0.05) is 19.6 Å². The molecule has 2 rings (SSSR count). The molecule has 0 aromatic carbocycles. The van der Waals surface area contributed by atoms with Gasteiger partial charge < -0.3 is 16.4 Å². The van der Waals surface area contributed by atoms with Crippen LogP contribution in [0.5, 0.6) is 0 Å².